The molecule has 0 aliphatic carbocycles. The summed E-state index contributed by atoms with van der Waals surface area (Å²) >= 11 is 7.42. The molecule has 130 valence electrons. The molecule has 0 fully saturated rings. The number of nitrogens with zero attached hydrogens (tertiary/aromatic N) is 3. The van der Waals surface area contributed by atoms with E-state index in [1.54, 1.807) is 4.68 Å². The molecule has 5 nitrogen and oxygen atoms in total. The highest BCUT2D eigenvalue weighted by molar-refractivity contribution is 7.12. The Balaban J connectivity index is 1.85. The first-order valence-electron chi connectivity index (χ1n) is 8.15. The van der Waals surface area contributed by atoms with Crippen LogP contribution in [0.4, 0.5) is 5.82 Å². The minimum Gasteiger partial charge on any atom is -0.311 e. The van der Waals surface area contributed by atoms with Crippen LogP contribution in [0.15, 0.2) is 35.7 Å². The second-order valence-electron chi connectivity index (χ2n) is 5.76. The number of thiazole rings is 1. The average molecular weight is 375 g/mol. The quantitative estimate of drug-likeness (QED) is 0.654. The Kier molecular flexibility index (Phi) is 5.50. The molecule has 3 rings (SSSR count). The van der Waals surface area contributed by atoms with E-state index in [1.807, 2.05) is 42.6 Å². The summed E-state index contributed by atoms with van der Waals surface area (Å²) in [5.74, 6) is 0.646. The van der Waals surface area contributed by atoms with Crippen LogP contribution >= 0.6 is 22.9 Å². The number of aromatic nitrogens is 3. The summed E-state index contributed by atoms with van der Waals surface area (Å²) in [6, 6.07) is 9.40. The summed E-state index contributed by atoms with van der Waals surface area (Å²) in [4.78, 5) is 16.7. The summed E-state index contributed by atoms with van der Waals surface area (Å²) in [7, 11) is 0. The highest BCUT2D eigenvalue weighted by atomic mass is 35.5. The van der Waals surface area contributed by atoms with Crippen molar-refractivity contribution in [3.8, 4) is 16.4 Å². The van der Waals surface area contributed by atoms with Crippen LogP contribution in [-0.2, 0) is 4.79 Å². The van der Waals surface area contributed by atoms with Crippen LogP contribution < -0.4 is 5.32 Å². The molecule has 2 heterocycles. The van der Waals surface area contributed by atoms with E-state index in [9.17, 15) is 4.79 Å². The lowest BCUT2D eigenvalue weighted by molar-refractivity contribution is -0.116. The Morgan fingerprint density at radius 2 is 2.08 bits per heavy atom. The first-order valence-corrected chi connectivity index (χ1v) is 9.41. The number of halogens is 1. The maximum absolute atomic E-state index is 12.0. The zero-order valence-electron chi connectivity index (χ0n) is 14.1. The summed E-state index contributed by atoms with van der Waals surface area (Å²) < 4.78 is 1.68. The number of hydrogen-bond donors (Lipinski definition) is 1. The molecule has 1 amide bonds. The Hall–Kier alpha value is -2.18. The van der Waals surface area contributed by atoms with Gasteiger partial charge in [0.1, 0.15) is 5.82 Å². The molecular weight excluding hydrogens is 356 g/mol. The van der Waals surface area contributed by atoms with Crippen LogP contribution in [-0.4, -0.2) is 20.7 Å². The van der Waals surface area contributed by atoms with E-state index in [0.29, 0.717) is 22.4 Å². The number of carbonyl (C=O) groups is 1. The van der Waals surface area contributed by atoms with Crippen LogP contribution in [0.25, 0.3) is 16.4 Å². The minimum atomic E-state index is -0.00233. The van der Waals surface area contributed by atoms with Crippen molar-refractivity contribution in [2.45, 2.75) is 33.1 Å². The first-order chi connectivity index (χ1) is 12.1. The first kappa shape index (κ1) is 17.6. The Morgan fingerprint density at radius 1 is 1.32 bits per heavy atom. The minimum absolute atomic E-state index is 0.00233. The largest absolute Gasteiger partial charge is 0.311 e. The van der Waals surface area contributed by atoms with E-state index >= 15 is 0 Å². The fraction of sp³-hybridized carbons (Fsp3) is 0.278. The van der Waals surface area contributed by atoms with E-state index in [4.69, 9.17) is 11.6 Å². The van der Waals surface area contributed by atoms with Crippen molar-refractivity contribution in [1.82, 2.24) is 14.8 Å². The van der Waals surface area contributed by atoms with Crippen molar-refractivity contribution in [2.24, 2.45) is 0 Å². The Morgan fingerprint density at radius 3 is 2.80 bits per heavy atom. The van der Waals surface area contributed by atoms with Gasteiger partial charge in [-0.05, 0) is 25.5 Å². The van der Waals surface area contributed by atoms with Crippen molar-refractivity contribution < 1.29 is 4.79 Å². The molecular formula is C18H19ClN4OS. The number of benzene rings is 1. The number of aryl methyl sites for hydroxylation is 1. The van der Waals surface area contributed by atoms with Gasteiger partial charge >= 0.3 is 0 Å². The molecule has 0 atom stereocenters. The second-order valence-corrected chi connectivity index (χ2v) is 7.03. The highest BCUT2D eigenvalue weighted by Crippen LogP contribution is 2.27. The van der Waals surface area contributed by atoms with Gasteiger partial charge in [-0.25, -0.2) is 4.98 Å². The summed E-state index contributed by atoms with van der Waals surface area (Å²) in [6.07, 6.45) is 2.37. The molecule has 1 N–H and O–H groups in total. The maximum atomic E-state index is 12.0. The number of nitrogens with one attached hydrogen (secondary N) is 1. The van der Waals surface area contributed by atoms with Crippen LogP contribution in [0.1, 0.15) is 31.9 Å². The van der Waals surface area contributed by atoms with Gasteiger partial charge in [0.05, 0.1) is 11.4 Å². The van der Waals surface area contributed by atoms with Crippen molar-refractivity contribution in [3.63, 3.8) is 0 Å². The van der Waals surface area contributed by atoms with Gasteiger partial charge in [0.2, 0.25) is 11.0 Å². The number of anilines is 1. The molecule has 0 aliphatic rings. The molecule has 0 saturated carbocycles. The fourth-order valence-corrected chi connectivity index (χ4v) is 3.31. The van der Waals surface area contributed by atoms with Crippen LogP contribution in [0, 0.1) is 6.92 Å². The lowest BCUT2D eigenvalue weighted by Gasteiger charge is -2.06. The lowest BCUT2D eigenvalue weighted by Crippen LogP contribution is -2.14. The normalized spacial score (nSPS) is 10.8. The topological polar surface area (TPSA) is 59.8 Å². The van der Waals surface area contributed by atoms with E-state index in [1.165, 1.54) is 11.3 Å². The molecule has 2 aromatic heterocycles. The van der Waals surface area contributed by atoms with Gasteiger partial charge in [0, 0.05) is 28.5 Å². The van der Waals surface area contributed by atoms with Crippen molar-refractivity contribution in [2.75, 3.05) is 5.32 Å². The third-order valence-electron chi connectivity index (χ3n) is 3.67. The van der Waals surface area contributed by atoms with Crippen molar-refractivity contribution >= 4 is 34.7 Å². The van der Waals surface area contributed by atoms with E-state index in [-0.39, 0.29) is 5.91 Å². The molecule has 3 aromatic rings. The summed E-state index contributed by atoms with van der Waals surface area (Å²) in [5, 5.41) is 10.8. The number of unbranched alkanes of at least 4 members (excludes halogenated alkanes) is 1. The van der Waals surface area contributed by atoms with Gasteiger partial charge in [0.15, 0.2) is 0 Å². The molecule has 0 bridgehead atoms. The molecule has 0 aliphatic heterocycles. The smallest absolute Gasteiger partial charge is 0.225 e. The van der Waals surface area contributed by atoms with Gasteiger partial charge in [-0.1, -0.05) is 37.1 Å². The molecule has 0 unspecified atom stereocenters. The molecule has 0 spiro atoms. The Labute approximate surface area is 155 Å². The predicted molar refractivity (Wildman–Crippen MR) is 103 cm³/mol. The maximum Gasteiger partial charge on any atom is 0.225 e. The monoisotopic (exact) mass is 374 g/mol. The third-order valence-corrected chi connectivity index (χ3v) is 4.74. The SMILES string of the molecule is CCCCC(=O)Nc1cc(C)nn1-c1nc(-c2ccc(Cl)cc2)cs1. The Bertz CT molecular complexity index is 870. The van der Waals surface area contributed by atoms with Crippen molar-refractivity contribution in [3.05, 3.63) is 46.4 Å². The third kappa shape index (κ3) is 4.27. The number of hydrogen-bond acceptors (Lipinski definition) is 4. The lowest BCUT2D eigenvalue weighted by atomic mass is 10.2. The van der Waals surface area contributed by atoms with Crippen LogP contribution in [0.5, 0.6) is 0 Å². The van der Waals surface area contributed by atoms with Gasteiger partial charge in [-0.2, -0.15) is 9.78 Å². The van der Waals surface area contributed by atoms with E-state index in [0.717, 1.165) is 29.8 Å². The van der Waals surface area contributed by atoms with Gasteiger partial charge in [-0.3, -0.25) is 4.79 Å². The zero-order valence-corrected chi connectivity index (χ0v) is 15.7. The summed E-state index contributed by atoms with van der Waals surface area (Å²) in [6.45, 7) is 3.96. The number of amides is 1. The summed E-state index contributed by atoms with van der Waals surface area (Å²) in [5.41, 5.74) is 2.67. The highest BCUT2D eigenvalue weighted by Gasteiger charge is 2.14. The van der Waals surface area contributed by atoms with Crippen molar-refractivity contribution in [1.29, 1.82) is 0 Å². The van der Waals surface area contributed by atoms with Gasteiger partial charge < -0.3 is 5.32 Å². The number of carbonyl (C=O) groups excluding carboxylic acids is 1. The molecule has 25 heavy (non-hydrogen) atoms. The van der Waals surface area contributed by atoms with Crippen LogP contribution in [0.3, 0.4) is 0 Å². The van der Waals surface area contributed by atoms with E-state index < -0.39 is 0 Å². The molecule has 0 saturated heterocycles. The molecule has 1 aromatic carbocycles. The second kappa shape index (κ2) is 7.80. The zero-order chi connectivity index (χ0) is 17.8. The van der Waals surface area contributed by atoms with E-state index in [2.05, 4.69) is 22.3 Å². The average Bonchev–Trinajstić information content (AvgIpc) is 3.20. The molecule has 0 radical (unpaired) electrons. The standard InChI is InChI=1S/C18H19ClN4OS/c1-3-4-5-17(24)21-16-10-12(2)22-23(16)18-20-15(11-25-18)13-6-8-14(19)9-7-13/h6-11H,3-5H2,1-2H3,(H,21,24). The van der Waals surface area contributed by atoms with Gasteiger partial charge in [0.25, 0.3) is 0 Å². The van der Waals surface area contributed by atoms with Gasteiger partial charge in [-0.15, -0.1) is 11.3 Å². The number of rotatable bonds is 6. The predicted octanol–water partition coefficient (Wildman–Crippen LogP) is 5.09. The molecule has 7 heteroatoms. The van der Waals surface area contributed by atoms with Crippen LogP contribution in [0.2, 0.25) is 5.02 Å². The fourth-order valence-electron chi connectivity index (χ4n) is 2.39.